The second kappa shape index (κ2) is 9.97. The molecule has 3 heteroatoms. The molecule has 226 valence electrons. The summed E-state index contributed by atoms with van der Waals surface area (Å²) >= 11 is 0. The standard InChI is InChI=1S/C45H31N3/c1-45(2)38-15-9-8-14-36(38)37-22-23-39-41(42(37)45)43-40(27-46-44(47-43)30-18-16-29(17-19-30)28-10-4-3-5-11-28)48(39)35-21-20-33-24-31-12-6-7-13-32(31)25-34(33)26-35/h3-27H,1-2H3. The van der Waals surface area contributed by atoms with Gasteiger partial charge in [0.25, 0.3) is 0 Å². The molecule has 0 N–H and O–H groups in total. The van der Waals surface area contributed by atoms with E-state index in [1.165, 1.54) is 60.3 Å². The van der Waals surface area contributed by atoms with Gasteiger partial charge in [-0.15, -0.1) is 0 Å². The highest BCUT2D eigenvalue weighted by atomic mass is 15.0. The minimum absolute atomic E-state index is 0.185. The lowest BCUT2D eigenvalue weighted by Crippen LogP contribution is -2.15. The van der Waals surface area contributed by atoms with E-state index in [-0.39, 0.29) is 5.41 Å². The van der Waals surface area contributed by atoms with Crippen LogP contribution >= 0.6 is 0 Å². The number of rotatable bonds is 3. The molecule has 2 heterocycles. The van der Waals surface area contributed by atoms with Gasteiger partial charge in [0.15, 0.2) is 5.82 Å². The van der Waals surface area contributed by atoms with Crippen LogP contribution in [0, 0.1) is 0 Å². The molecule has 0 atom stereocenters. The normalized spacial score (nSPS) is 13.4. The molecule has 9 aromatic rings. The van der Waals surface area contributed by atoms with Crippen LogP contribution in [0.25, 0.3) is 82.8 Å². The average molecular weight is 614 g/mol. The zero-order valence-corrected chi connectivity index (χ0v) is 26.8. The monoisotopic (exact) mass is 613 g/mol. The lowest BCUT2D eigenvalue weighted by molar-refractivity contribution is 0.666. The van der Waals surface area contributed by atoms with Crippen LogP contribution in [0.1, 0.15) is 25.0 Å². The van der Waals surface area contributed by atoms with Crippen molar-refractivity contribution in [3.05, 3.63) is 163 Å². The van der Waals surface area contributed by atoms with E-state index in [0.717, 1.165) is 33.6 Å². The number of benzene rings is 7. The summed E-state index contributed by atoms with van der Waals surface area (Å²) in [5.41, 5.74) is 12.7. The molecule has 0 amide bonds. The first-order valence-electron chi connectivity index (χ1n) is 16.6. The molecule has 0 radical (unpaired) electrons. The number of fused-ring (bicyclic) bond motifs is 9. The van der Waals surface area contributed by atoms with Crippen molar-refractivity contribution in [3.8, 4) is 39.3 Å². The predicted molar refractivity (Wildman–Crippen MR) is 200 cm³/mol. The molecule has 1 aliphatic carbocycles. The van der Waals surface area contributed by atoms with Crippen LogP contribution in [0.5, 0.6) is 0 Å². The maximum absolute atomic E-state index is 5.40. The Morgan fingerprint density at radius 2 is 1.19 bits per heavy atom. The van der Waals surface area contributed by atoms with E-state index in [1.54, 1.807) is 0 Å². The van der Waals surface area contributed by atoms with E-state index in [2.05, 4.69) is 158 Å². The first-order chi connectivity index (χ1) is 23.5. The lowest BCUT2D eigenvalue weighted by Gasteiger charge is -2.22. The van der Waals surface area contributed by atoms with Crippen molar-refractivity contribution < 1.29 is 0 Å². The van der Waals surface area contributed by atoms with Gasteiger partial charge in [-0.3, -0.25) is 0 Å². The Balaban J connectivity index is 1.23. The van der Waals surface area contributed by atoms with Gasteiger partial charge in [-0.2, -0.15) is 0 Å². The largest absolute Gasteiger partial charge is 0.306 e. The second-order valence-electron chi connectivity index (χ2n) is 13.5. The van der Waals surface area contributed by atoms with E-state index >= 15 is 0 Å². The lowest BCUT2D eigenvalue weighted by atomic mass is 9.81. The summed E-state index contributed by atoms with van der Waals surface area (Å²) in [6.07, 6.45) is 2.02. The topological polar surface area (TPSA) is 30.7 Å². The molecule has 0 spiro atoms. The van der Waals surface area contributed by atoms with Crippen molar-refractivity contribution >= 4 is 43.5 Å². The molecule has 3 nitrogen and oxygen atoms in total. The van der Waals surface area contributed by atoms with Crippen LogP contribution in [0.2, 0.25) is 0 Å². The fourth-order valence-corrected chi connectivity index (χ4v) is 8.07. The fourth-order valence-electron chi connectivity index (χ4n) is 8.07. The Morgan fingerprint density at radius 1 is 0.521 bits per heavy atom. The molecule has 0 bridgehead atoms. The van der Waals surface area contributed by atoms with Gasteiger partial charge in [0.1, 0.15) is 5.52 Å². The smallest absolute Gasteiger partial charge is 0.159 e. The molecule has 0 unspecified atom stereocenters. The predicted octanol–water partition coefficient (Wildman–Crippen LogP) is 11.5. The van der Waals surface area contributed by atoms with Gasteiger partial charge in [-0.25, -0.2) is 9.97 Å². The fraction of sp³-hybridized carbons (Fsp3) is 0.0667. The Bertz CT molecular complexity index is 2730. The minimum Gasteiger partial charge on any atom is -0.306 e. The van der Waals surface area contributed by atoms with Gasteiger partial charge in [0.05, 0.1) is 17.2 Å². The summed E-state index contributed by atoms with van der Waals surface area (Å²) in [7, 11) is 0. The van der Waals surface area contributed by atoms with Gasteiger partial charge < -0.3 is 4.57 Å². The van der Waals surface area contributed by atoms with E-state index < -0.39 is 0 Å². The maximum Gasteiger partial charge on any atom is 0.159 e. The van der Waals surface area contributed by atoms with Crippen LogP contribution in [-0.4, -0.2) is 14.5 Å². The van der Waals surface area contributed by atoms with Gasteiger partial charge in [0, 0.05) is 22.1 Å². The van der Waals surface area contributed by atoms with Gasteiger partial charge in [-0.1, -0.05) is 129 Å². The molecular weight excluding hydrogens is 583 g/mol. The van der Waals surface area contributed by atoms with Crippen LogP contribution < -0.4 is 0 Å². The van der Waals surface area contributed by atoms with Gasteiger partial charge >= 0.3 is 0 Å². The molecule has 0 saturated heterocycles. The van der Waals surface area contributed by atoms with Crippen molar-refractivity contribution in [3.63, 3.8) is 0 Å². The van der Waals surface area contributed by atoms with Crippen molar-refractivity contribution in [1.29, 1.82) is 0 Å². The van der Waals surface area contributed by atoms with Crippen molar-refractivity contribution in [2.45, 2.75) is 19.3 Å². The molecular formula is C45H31N3. The number of aromatic nitrogens is 3. The van der Waals surface area contributed by atoms with Crippen LogP contribution in [-0.2, 0) is 5.41 Å². The Labute approximate surface area is 278 Å². The van der Waals surface area contributed by atoms with Crippen LogP contribution in [0.4, 0.5) is 0 Å². The molecule has 0 aliphatic heterocycles. The third-order valence-corrected chi connectivity index (χ3v) is 10.4. The highest BCUT2D eigenvalue weighted by molar-refractivity contribution is 6.13. The number of nitrogens with zero attached hydrogens (tertiary/aromatic N) is 3. The first kappa shape index (κ1) is 27.1. The molecule has 2 aromatic heterocycles. The van der Waals surface area contributed by atoms with Crippen molar-refractivity contribution in [1.82, 2.24) is 14.5 Å². The van der Waals surface area contributed by atoms with Crippen molar-refractivity contribution in [2.24, 2.45) is 0 Å². The molecule has 7 aromatic carbocycles. The Morgan fingerprint density at radius 3 is 2.00 bits per heavy atom. The minimum atomic E-state index is -0.185. The molecule has 1 aliphatic rings. The quantitative estimate of drug-likeness (QED) is 0.186. The molecule has 0 saturated carbocycles. The van der Waals surface area contributed by atoms with Gasteiger partial charge in [-0.05, 0) is 85.3 Å². The summed E-state index contributed by atoms with van der Waals surface area (Å²) in [6, 6.07) is 52.5. The van der Waals surface area contributed by atoms with Crippen molar-refractivity contribution in [2.75, 3.05) is 0 Å². The third-order valence-electron chi connectivity index (χ3n) is 10.4. The number of hydrogen-bond acceptors (Lipinski definition) is 2. The summed E-state index contributed by atoms with van der Waals surface area (Å²) in [5, 5.41) is 6.14. The van der Waals surface area contributed by atoms with E-state index in [1.807, 2.05) is 12.3 Å². The second-order valence-corrected chi connectivity index (χ2v) is 13.5. The summed E-state index contributed by atoms with van der Waals surface area (Å²) in [5.74, 6) is 0.733. The zero-order valence-electron chi connectivity index (χ0n) is 26.8. The van der Waals surface area contributed by atoms with Gasteiger partial charge in [0.2, 0.25) is 0 Å². The van der Waals surface area contributed by atoms with Crippen LogP contribution in [0.3, 0.4) is 0 Å². The Kier molecular flexibility index (Phi) is 5.63. The van der Waals surface area contributed by atoms with Crippen LogP contribution in [0.15, 0.2) is 152 Å². The Hall–Kier alpha value is -6.06. The zero-order chi connectivity index (χ0) is 32.0. The maximum atomic E-state index is 5.40. The summed E-state index contributed by atoms with van der Waals surface area (Å²) in [6.45, 7) is 4.71. The van der Waals surface area contributed by atoms with E-state index in [0.29, 0.717) is 0 Å². The van der Waals surface area contributed by atoms with E-state index in [9.17, 15) is 0 Å². The highest BCUT2D eigenvalue weighted by Crippen LogP contribution is 2.53. The summed E-state index contributed by atoms with van der Waals surface area (Å²) < 4.78 is 2.36. The molecule has 10 rings (SSSR count). The number of hydrogen-bond donors (Lipinski definition) is 0. The third kappa shape index (κ3) is 3.88. The molecule has 0 fully saturated rings. The highest BCUT2D eigenvalue weighted by Gasteiger charge is 2.38. The summed E-state index contributed by atoms with van der Waals surface area (Å²) in [4.78, 5) is 10.4. The van der Waals surface area contributed by atoms with E-state index in [4.69, 9.17) is 9.97 Å². The SMILES string of the molecule is CC1(C)c2ccccc2-c2ccc3c(c21)c1nc(-c2ccc(-c4ccccc4)cc2)ncc1n3-c1ccc2cc3ccccc3cc2c1. The average Bonchev–Trinajstić information content (AvgIpc) is 3.59. The first-order valence-corrected chi connectivity index (χ1v) is 16.6. The molecule has 48 heavy (non-hydrogen) atoms.